The smallest absolute Gasteiger partial charge is 0.133 e. The summed E-state index contributed by atoms with van der Waals surface area (Å²) in [7, 11) is 0. The molecular weight excluding hydrogens is 226 g/mol. The van der Waals surface area contributed by atoms with Gasteiger partial charge in [-0.05, 0) is 26.7 Å². The summed E-state index contributed by atoms with van der Waals surface area (Å²) in [6.07, 6.45) is 8.32. The second kappa shape index (κ2) is 6.14. The summed E-state index contributed by atoms with van der Waals surface area (Å²) >= 11 is 0. The minimum Gasteiger partial charge on any atom is -0.383 e. The van der Waals surface area contributed by atoms with Gasteiger partial charge in [0, 0.05) is 17.7 Å². The number of hydrogen-bond donors (Lipinski definition) is 1. The first-order valence-electron chi connectivity index (χ1n) is 6.89. The maximum absolute atomic E-state index is 5.98. The van der Waals surface area contributed by atoms with Crippen molar-refractivity contribution in [3.8, 4) is 0 Å². The molecule has 1 aliphatic rings. The Labute approximate surface area is 109 Å². The predicted octanol–water partition coefficient (Wildman–Crippen LogP) is 3.03. The Kier molecular flexibility index (Phi) is 4.53. The highest BCUT2D eigenvalue weighted by Gasteiger charge is 2.18. The van der Waals surface area contributed by atoms with Crippen molar-refractivity contribution in [1.29, 1.82) is 0 Å². The van der Waals surface area contributed by atoms with Crippen LogP contribution in [0.25, 0.3) is 0 Å². The van der Waals surface area contributed by atoms with Crippen LogP contribution in [0.1, 0.15) is 63.3 Å². The lowest BCUT2D eigenvalue weighted by Gasteiger charge is -2.20. The van der Waals surface area contributed by atoms with Gasteiger partial charge in [0.25, 0.3) is 0 Å². The third kappa shape index (κ3) is 3.42. The van der Waals surface area contributed by atoms with Gasteiger partial charge in [-0.1, -0.05) is 19.3 Å². The molecule has 0 amide bonds. The number of anilines is 1. The average molecular weight is 249 g/mol. The van der Waals surface area contributed by atoms with E-state index in [1.807, 2.05) is 20.0 Å². The Morgan fingerprint density at radius 3 is 2.67 bits per heavy atom. The largest absolute Gasteiger partial charge is 0.383 e. The van der Waals surface area contributed by atoms with E-state index < -0.39 is 0 Å². The molecule has 2 N–H and O–H groups in total. The van der Waals surface area contributed by atoms with Crippen molar-refractivity contribution >= 4 is 5.82 Å². The van der Waals surface area contributed by atoms with Crippen LogP contribution < -0.4 is 5.73 Å². The molecule has 4 heteroatoms. The fourth-order valence-corrected chi connectivity index (χ4v) is 2.36. The van der Waals surface area contributed by atoms with Gasteiger partial charge in [0.05, 0.1) is 12.7 Å². The standard InChI is InChI=1S/C14H23N3O/c1-10(2)18-9-12-8-16-14(17-13(12)15)11-6-4-3-5-7-11/h8,10-11H,3-7,9H2,1-2H3,(H2,15,16,17). The summed E-state index contributed by atoms with van der Waals surface area (Å²) in [6, 6.07) is 0. The maximum Gasteiger partial charge on any atom is 0.133 e. The Balaban J connectivity index is 2.04. The second-order valence-corrected chi connectivity index (χ2v) is 5.33. The minimum atomic E-state index is 0.197. The van der Waals surface area contributed by atoms with E-state index in [1.165, 1.54) is 32.1 Å². The van der Waals surface area contributed by atoms with Gasteiger partial charge >= 0.3 is 0 Å². The highest BCUT2D eigenvalue weighted by Crippen LogP contribution is 2.31. The summed E-state index contributed by atoms with van der Waals surface area (Å²) in [5.74, 6) is 1.99. The Morgan fingerprint density at radius 1 is 1.33 bits per heavy atom. The zero-order chi connectivity index (χ0) is 13.0. The molecule has 1 aromatic heterocycles. The highest BCUT2D eigenvalue weighted by molar-refractivity contribution is 5.37. The first-order valence-corrected chi connectivity index (χ1v) is 6.89. The van der Waals surface area contributed by atoms with Gasteiger partial charge in [-0.3, -0.25) is 0 Å². The molecule has 100 valence electrons. The highest BCUT2D eigenvalue weighted by atomic mass is 16.5. The van der Waals surface area contributed by atoms with E-state index in [2.05, 4.69) is 9.97 Å². The number of nitrogens with zero attached hydrogens (tertiary/aromatic N) is 2. The van der Waals surface area contributed by atoms with Gasteiger partial charge in [0.2, 0.25) is 0 Å². The quantitative estimate of drug-likeness (QED) is 0.891. The van der Waals surface area contributed by atoms with E-state index in [4.69, 9.17) is 10.5 Å². The van der Waals surface area contributed by atoms with Crippen LogP contribution in [0, 0.1) is 0 Å². The second-order valence-electron chi connectivity index (χ2n) is 5.33. The van der Waals surface area contributed by atoms with Crippen LogP contribution in [-0.4, -0.2) is 16.1 Å². The van der Waals surface area contributed by atoms with Gasteiger partial charge in [-0.2, -0.15) is 0 Å². The molecule has 1 fully saturated rings. The minimum absolute atomic E-state index is 0.197. The Bertz CT molecular complexity index is 387. The molecular formula is C14H23N3O. The summed E-state index contributed by atoms with van der Waals surface area (Å²) < 4.78 is 5.53. The first-order chi connectivity index (χ1) is 8.66. The zero-order valence-corrected chi connectivity index (χ0v) is 11.4. The van der Waals surface area contributed by atoms with Gasteiger partial charge in [0.15, 0.2) is 0 Å². The lowest BCUT2D eigenvalue weighted by atomic mass is 9.88. The Morgan fingerprint density at radius 2 is 2.06 bits per heavy atom. The van der Waals surface area contributed by atoms with E-state index in [1.54, 1.807) is 0 Å². The van der Waals surface area contributed by atoms with Crippen LogP contribution in [0.4, 0.5) is 5.82 Å². The molecule has 1 aromatic rings. The maximum atomic E-state index is 5.98. The molecule has 4 nitrogen and oxygen atoms in total. The van der Waals surface area contributed by atoms with Crippen molar-refractivity contribution in [2.75, 3.05) is 5.73 Å². The molecule has 0 bridgehead atoms. The SMILES string of the molecule is CC(C)OCc1cnc(C2CCCCC2)nc1N. The number of nitrogen functional groups attached to an aromatic ring is 1. The van der Waals surface area contributed by atoms with E-state index >= 15 is 0 Å². The summed E-state index contributed by atoms with van der Waals surface area (Å²) in [4.78, 5) is 8.93. The van der Waals surface area contributed by atoms with E-state index in [-0.39, 0.29) is 6.10 Å². The van der Waals surface area contributed by atoms with Gasteiger partial charge in [-0.15, -0.1) is 0 Å². The normalized spacial score (nSPS) is 17.3. The third-order valence-electron chi connectivity index (χ3n) is 3.46. The number of aromatic nitrogens is 2. The van der Waals surface area contributed by atoms with Crippen molar-refractivity contribution in [3.63, 3.8) is 0 Å². The topological polar surface area (TPSA) is 61.0 Å². The van der Waals surface area contributed by atoms with Gasteiger partial charge in [-0.25, -0.2) is 9.97 Å². The summed E-state index contributed by atoms with van der Waals surface area (Å²) in [6.45, 7) is 4.51. The number of ether oxygens (including phenoxy) is 1. The van der Waals surface area contributed by atoms with Crippen LogP contribution in [0.5, 0.6) is 0 Å². The van der Waals surface area contributed by atoms with Crippen LogP contribution in [0.2, 0.25) is 0 Å². The summed E-state index contributed by atoms with van der Waals surface area (Å²) in [5.41, 5.74) is 6.88. The van der Waals surface area contributed by atoms with Gasteiger partial charge in [0.1, 0.15) is 11.6 Å². The number of nitrogens with two attached hydrogens (primary N) is 1. The fraction of sp³-hybridized carbons (Fsp3) is 0.714. The summed E-state index contributed by atoms with van der Waals surface area (Å²) in [5, 5.41) is 0. The lowest BCUT2D eigenvalue weighted by molar-refractivity contribution is 0.0657. The fourth-order valence-electron chi connectivity index (χ4n) is 2.36. The van der Waals surface area contributed by atoms with Crippen LogP contribution >= 0.6 is 0 Å². The number of hydrogen-bond acceptors (Lipinski definition) is 4. The van der Waals surface area contributed by atoms with Crippen molar-refractivity contribution in [2.24, 2.45) is 0 Å². The molecule has 1 aliphatic carbocycles. The molecule has 0 spiro atoms. The monoisotopic (exact) mass is 249 g/mol. The van der Waals surface area contributed by atoms with Gasteiger partial charge < -0.3 is 10.5 Å². The molecule has 1 saturated carbocycles. The zero-order valence-electron chi connectivity index (χ0n) is 11.4. The first kappa shape index (κ1) is 13.3. The molecule has 0 radical (unpaired) electrons. The molecule has 0 aliphatic heterocycles. The van der Waals surface area contributed by atoms with E-state index in [0.29, 0.717) is 18.3 Å². The molecule has 1 heterocycles. The molecule has 0 atom stereocenters. The van der Waals surface area contributed by atoms with Crippen molar-refractivity contribution in [2.45, 2.75) is 64.6 Å². The van der Waals surface area contributed by atoms with Crippen LogP contribution in [-0.2, 0) is 11.3 Å². The molecule has 0 saturated heterocycles. The average Bonchev–Trinajstić information content (AvgIpc) is 2.38. The number of rotatable bonds is 4. The third-order valence-corrected chi connectivity index (χ3v) is 3.46. The van der Waals surface area contributed by atoms with Crippen LogP contribution in [0.3, 0.4) is 0 Å². The molecule has 2 rings (SSSR count). The van der Waals surface area contributed by atoms with E-state index in [0.717, 1.165) is 11.4 Å². The molecule has 18 heavy (non-hydrogen) atoms. The molecule has 0 unspecified atom stereocenters. The van der Waals surface area contributed by atoms with Crippen molar-refractivity contribution in [3.05, 3.63) is 17.6 Å². The Hall–Kier alpha value is -1.16. The van der Waals surface area contributed by atoms with Crippen molar-refractivity contribution < 1.29 is 4.74 Å². The van der Waals surface area contributed by atoms with E-state index in [9.17, 15) is 0 Å². The lowest BCUT2D eigenvalue weighted by Crippen LogP contribution is -2.12. The molecule has 0 aromatic carbocycles. The van der Waals surface area contributed by atoms with Crippen LogP contribution in [0.15, 0.2) is 6.20 Å². The van der Waals surface area contributed by atoms with Crippen molar-refractivity contribution in [1.82, 2.24) is 9.97 Å². The predicted molar refractivity (Wildman–Crippen MR) is 72.2 cm³/mol.